The minimum atomic E-state index is 0.634. The maximum absolute atomic E-state index is 5.73. The molecular formula is C11H12ClN3S. The molecule has 0 aliphatic carbocycles. The van der Waals surface area contributed by atoms with Crippen LogP contribution in [-0.4, -0.2) is 15.8 Å². The van der Waals surface area contributed by atoms with Crippen LogP contribution in [0.3, 0.4) is 0 Å². The molecule has 1 N–H and O–H groups in total. The molecule has 0 aliphatic heterocycles. The standard InChI is InChI=1S/C11H12ClN3S/c1-8-10(4-5-12)16-11(14-8)15-9-3-2-6-13-7-9/h2-3,6-7H,4-5H2,1H3,(H,14,15). The molecule has 0 spiro atoms. The highest BCUT2D eigenvalue weighted by Gasteiger charge is 2.06. The van der Waals surface area contributed by atoms with Crippen LogP contribution in [0.2, 0.25) is 0 Å². The molecule has 5 heteroatoms. The van der Waals surface area contributed by atoms with Gasteiger partial charge in [0.15, 0.2) is 5.13 Å². The predicted octanol–water partition coefficient (Wildman–Crippen LogP) is 3.37. The Morgan fingerprint density at radius 2 is 2.38 bits per heavy atom. The third-order valence-corrected chi connectivity index (χ3v) is 3.45. The lowest BCUT2D eigenvalue weighted by Gasteiger charge is -1.99. The number of pyridine rings is 1. The molecule has 2 heterocycles. The first-order chi connectivity index (χ1) is 7.79. The van der Waals surface area contributed by atoms with Gasteiger partial charge in [-0.3, -0.25) is 4.98 Å². The van der Waals surface area contributed by atoms with Crippen molar-refractivity contribution in [1.29, 1.82) is 0 Å². The second-order valence-electron chi connectivity index (χ2n) is 3.33. The number of thiazole rings is 1. The lowest BCUT2D eigenvalue weighted by atomic mass is 10.3. The Kier molecular flexibility index (Phi) is 3.74. The highest BCUT2D eigenvalue weighted by molar-refractivity contribution is 7.15. The van der Waals surface area contributed by atoms with Gasteiger partial charge in [-0.1, -0.05) is 0 Å². The van der Waals surface area contributed by atoms with Gasteiger partial charge in [0, 0.05) is 17.0 Å². The highest BCUT2D eigenvalue weighted by Crippen LogP contribution is 2.25. The summed E-state index contributed by atoms with van der Waals surface area (Å²) in [5.41, 5.74) is 2.01. The van der Waals surface area contributed by atoms with Crippen LogP contribution in [0.4, 0.5) is 10.8 Å². The fraction of sp³-hybridized carbons (Fsp3) is 0.273. The number of rotatable bonds is 4. The van der Waals surface area contributed by atoms with Gasteiger partial charge in [0.1, 0.15) is 0 Å². The van der Waals surface area contributed by atoms with Crippen molar-refractivity contribution in [3.8, 4) is 0 Å². The minimum absolute atomic E-state index is 0.634. The molecule has 0 amide bonds. The van der Waals surface area contributed by atoms with Crippen molar-refractivity contribution in [2.75, 3.05) is 11.2 Å². The molecule has 0 atom stereocenters. The number of nitrogens with zero attached hydrogens (tertiary/aromatic N) is 2. The van der Waals surface area contributed by atoms with Crippen LogP contribution < -0.4 is 5.32 Å². The van der Waals surface area contributed by atoms with Gasteiger partial charge in [-0.2, -0.15) is 0 Å². The lowest BCUT2D eigenvalue weighted by Crippen LogP contribution is -1.89. The van der Waals surface area contributed by atoms with Crippen LogP contribution in [0.1, 0.15) is 10.6 Å². The van der Waals surface area contributed by atoms with E-state index in [0.717, 1.165) is 22.9 Å². The summed E-state index contributed by atoms with van der Waals surface area (Å²) in [5, 5.41) is 4.12. The van der Waals surface area contributed by atoms with Crippen LogP contribution in [0.25, 0.3) is 0 Å². The molecule has 0 radical (unpaired) electrons. The number of aromatic nitrogens is 2. The second-order valence-corrected chi connectivity index (χ2v) is 4.79. The smallest absolute Gasteiger partial charge is 0.187 e. The van der Waals surface area contributed by atoms with Crippen LogP contribution in [0.5, 0.6) is 0 Å². The van der Waals surface area contributed by atoms with Gasteiger partial charge >= 0.3 is 0 Å². The zero-order valence-corrected chi connectivity index (χ0v) is 10.5. The summed E-state index contributed by atoms with van der Waals surface area (Å²) in [6.45, 7) is 2.01. The van der Waals surface area contributed by atoms with Crippen molar-refractivity contribution in [2.45, 2.75) is 13.3 Å². The van der Waals surface area contributed by atoms with Crippen molar-refractivity contribution < 1.29 is 0 Å². The number of hydrogen-bond donors (Lipinski definition) is 1. The third kappa shape index (κ3) is 2.71. The van der Waals surface area contributed by atoms with Gasteiger partial charge in [-0.15, -0.1) is 22.9 Å². The third-order valence-electron chi connectivity index (χ3n) is 2.13. The molecule has 0 unspecified atom stereocenters. The van der Waals surface area contributed by atoms with Gasteiger partial charge in [-0.25, -0.2) is 4.98 Å². The largest absolute Gasteiger partial charge is 0.330 e. The summed E-state index contributed by atoms with van der Waals surface area (Å²) >= 11 is 7.37. The van der Waals surface area contributed by atoms with E-state index in [0.29, 0.717) is 5.88 Å². The van der Waals surface area contributed by atoms with E-state index in [9.17, 15) is 0 Å². The fourth-order valence-electron chi connectivity index (χ4n) is 1.36. The van der Waals surface area contributed by atoms with Crippen LogP contribution >= 0.6 is 22.9 Å². The van der Waals surface area contributed by atoms with Gasteiger partial charge in [0.05, 0.1) is 17.6 Å². The molecule has 84 valence electrons. The van der Waals surface area contributed by atoms with E-state index in [-0.39, 0.29) is 0 Å². The van der Waals surface area contributed by atoms with E-state index in [4.69, 9.17) is 11.6 Å². The van der Waals surface area contributed by atoms with Crippen LogP contribution in [0, 0.1) is 6.92 Å². The highest BCUT2D eigenvalue weighted by atomic mass is 35.5. The summed E-state index contributed by atoms with van der Waals surface area (Å²) in [4.78, 5) is 9.72. The van der Waals surface area contributed by atoms with Gasteiger partial charge in [-0.05, 0) is 25.5 Å². The van der Waals surface area contributed by atoms with Gasteiger partial charge < -0.3 is 5.32 Å². The number of hydrogen-bond acceptors (Lipinski definition) is 4. The monoisotopic (exact) mass is 253 g/mol. The van der Waals surface area contributed by atoms with E-state index in [1.54, 1.807) is 23.7 Å². The minimum Gasteiger partial charge on any atom is -0.330 e. The summed E-state index contributed by atoms with van der Waals surface area (Å²) in [6, 6.07) is 3.85. The maximum Gasteiger partial charge on any atom is 0.187 e. The second kappa shape index (κ2) is 5.27. The Hall–Kier alpha value is -1.13. The zero-order valence-electron chi connectivity index (χ0n) is 8.90. The topological polar surface area (TPSA) is 37.8 Å². The van der Waals surface area contributed by atoms with E-state index < -0.39 is 0 Å². The Morgan fingerprint density at radius 1 is 1.50 bits per heavy atom. The molecular weight excluding hydrogens is 242 g/mol. The molecule has 0 saturated carbocycles. The summed E-state index contributed by atoms with van der Waals surface area (Å²) in [7, 11) is 0. The lowest BCUT2D eigenvalue weighted by molar-refractivity contribution is 1.12. The van der Waals surface area contributed by atoms with Crippen molar-refractivity contribution in [3.05, 3.63) is 35.1 Å². The Morgan fingerprint density at radius 3 is 3.06 bits per heavy atom. The molecule has 3 nitrogen and oxygen atoms in total. The molecule has 0 bridgehead atoms. The normalized spacial score (nSPS) is 10.4. The van der Waals surface area contributed by atoms with Crippen LogP contribution in [0.15, 0.2) is 24.5 Å². The quantitative estimate of drug-likeness (QED) is 0.849. The molecule has 2 aromatic rings. The number of nitrogens with one attached hydrogen (secondary N) is 1. The van der Waals surface area contributed by atoms with E-state index in [1.165, 1.54) is 4.88 Å². The Balaban J connectivity index is 2.13. The maximum atomic E-state index is 5.73. The Bertz CT molecular complexity index is 456. The predicted molar refractivity (Wildman–Crippen MR) is 68.8 cm³/mol. The van der Waals surface area contributed by atoms with Gasteiger partial charge in [0.25, 0.3) is 0 Å². The number of anilines is 2. The van der Waals surface area contributed by atoms with Crippen molar-refractivity contribution in [1.82, 2.24) is 9.97 Å². The van der Waals surface area contributed by atoms with E-state index in [2.05, 4.69) is 15.3 Å². The average Bonchev–Trinajstić information content (AvgIpc) is 2.61. The summed E-state index contributed by atoms with van der Waals surface area (Å²) in [6.07, 6.45) is 4.40. The fourth-order valence-corrected chi connectivity index (χ4v) is 2.64. The first-order valence-corrected chi connectivity index (χ1v) is 6.34. The molecule has 2 aromatic heterocycles. The number of aryl methyl sites for hydroxylation is 2. The SMILES string of the molecule is Cc1nc(Nc2cccnc2)sc1CCCl. The number of halogens is 1. The zero-order chi connectivity index (χ0) is 11.4. The molecule has 0 saturated heterocycles. The van der Waals surface area contributed by atoms with E-state index in [1.807, 2.05) is 19.1 Å². The molecule has 16 heavy (non-hydrogen) atoms. The Labute approximate surface area is 104 Å². The summed E-state index contributed by atoms with van der Waals surface area (Å²) < 4.78 is 0. The van der Waals surface area contributed by atoms with Crippen molar-refractivity contribution in [2.24, 2.45) is 0 Å². The van der Waals surface area contributed by atoms with Crippen molar-refractivity contribution >= 4 is 33.8 Å². The molecule has 0 aromatic carbocycles. The van der Waals surface area contributed by atoms with Crippen LogP contribution in [-0.2, 0) is 6.42 Å². The molecule has 2 rings (SSSR count). The molecule has 0 aliphatic rings. The first-order valence-electron chi connectivity index (χ1n) is 4.99. The summed E-state index contributed by atoms with van der Waals surface area (Å²) in [5.74, 6) is 0.634. The average molecular weight is 254 g/mol. The van der Waals surface area contributed by atoms with Crippen molar-refractivity contribution in [3.63, 3.8) is 0 Å². The van der Waals surface area contributed by atoms with E-state index >= 15 is 0 Å². The molecule has 0 fully saturated rings. The number of alkyl halides is 1. The first kappa shape index (κ1) is 11.4. The van der Waals surface area contributed by atoms with Gasteiger partial charge in [0.2, 0.25) is 0 Å².